The molecule has 0 aliphatic carbocycles. The molecule has 0 saturated carbocycles. The van der Waals surface area contributed by atoms with E-state index in [9.17, 15) is 9.59 Å². The summed E-state index contributed by atoms with van der Waals surface area (Å²) in [6.45, 7) is 4.30. The van der Waals surface area contributed by atoms with Gasteiger partial charge in [-0.15, -0.1) is 11.3 Å². The molecule has 3 aromatic rings. The number of rotatable bonds is 12. The molecule has 2 amide bonds. The molecule has 0 unspecified atom stereocenters. The molecule has 3 rings (SSSR count). The van der Waals surface area contributed by atoms with E-state index < -0.39 is 11.8 Å². The third-order valence-electron chi connectivity index (χ3n) is 4.77. The molecule has 1 aromatic heterocycles. The number of ether oxygens (including phenoxy) is 2. The van der Waals surface area contributed by atoms with Gasteiger partial charge in [-0.1, -0.05) is 18.2 Å². The molecule has 35 heavy (non-hydrogen) atoms. The lowest BCUT2D eigenvalue weighted by molar-refractivity contribution is -0.117. The highest BCUT2D eigenvalue weighted by molar-refractivity contribution is 7.09. The molecule has 0 atom stereocenters. The zero-order chi connectivity index (χ0) is 25.0. The van der Waals surface area contributed by atoms with E-state index in [1.165, 1.54) is 4.88 Å². The van der Waals surface area contributed by atoms with Gasteiger partial charge in [-0.25, -0.2) is 0 Å². The Kier molecular flexibility index (Phi) is 9.89. The summed E-state index contributed by atoms with van der Waals surface area (Å²) in [4.78, 5) is 26.7. The van der Waals surface area contributed by atoms with Crippen LogP contribution in [0.5, 0.6) is 11.5 Å². The van der Waals surface area contributed by atoms with Crippen LogP contribution >= 0.6 is 11.3 Å². The first-order valence-corrected chi connectivity index (χ1v) is 12.3. The number of carbonyl (C=O) groups excluding carboxylic acids is 2. The van der Waals surface area contributed by atoms with Crippen LogP contribution in [0, 0.1) is 0 Å². The van der Waals surface area contributed by atoms with E-state index >= 15 is 0 Å². The molecule has 0 spiro atoms. The van der Waals surface area contributed by atoms with Gasteiger partial charge in [-0.2, -0.15) is 0 Å². The Bertz CT molecular complexity index is 1110. The van der Waals surface area contributed by atoms with Gasteiger partial charge in [0.2, 0.25) is 0 Å². The zero-order valence-electron chi connectivity index (χ0n) is 19.8. The number of aliphatic hydroxyl groups is 1. The minimum absolute atomic E-state index is 0.0493. The van der Waals surface area contributed by atoms with E-state index in [1.807, 2.05) is 25.3 Å². The van der Waals surface area contributed by atoms with Crippen molar-refractivity contribution in [2.75, 3.05) is 19.8 Å². The normalized spacial score (nSPS) is 11.3. The fourth-order valence-corrected chi connectivity index (χ4v) is 3.82. The maximum absolute atomic E-state index is 12.8. The quantitative estimate of drug-likeness (QED) is 0.330. The summed E-state index contributed by atoms with van der Waals surface area (Å²) in [6, 6.07) is 18.0. The van der Waals surface area contributed by atoms with Gasteiger partial charge in [-0.05, 0) is 73.3 Å². The summed E-state index contributed by atoms with van der Waals surface area (Å²) in [5, 5.41) is 16.3. The van der Waals surface area contributed by atoms with Crippen LogP contribution < -0.4 is 20.1 Å². The lowest BCUT2D eigenvalue weighted by atomic mass is 10.1. The van der Waals surface area contributed by atoms with E-state index in [0.29, 0.717) is 29.2 Å². The summed E-state index contributed by atoms with van der Waals surface area (Å²) < 4.78 is 11.4. The van der Waals surface area contributed by atoms with Gasteiger partial charge < -0.3 is 25.2 Å². The Morgan fingerprint density at radius 1 is 1.03 bits per heavy atom. The average Bonchev–Trinajstić information content (AvgIpc) is 3.37. The third kappa shape index (κ3) is 8.59. The van der Waals surface area contributed by atoms with Gasteiger partial charge >= 0.3 is 0 Å². The van der Waals surface area contributed by atoms with E-state index in [-0.39, 0.29) is 25.0 Å². The molecule has 2 aromatic carbocycles. The molecule has 0 fully saturated rings. The number of nitrogens with one attached hydrogen (secondary N) is 2. The lowest BCUT2D eigenvalue weighted by Gasteiger charge is -2.12. The minimum Gasteiger partial charge on any atom is -0.493 e. The second-order valence-corrected chi connectivity index (χ2v) is 8.96. The van der Waals surface area contributed by atoms with Crippen LogP contribution in [0.4, 0.5) is 0 Å². The van der Waals surface area contributed by atoms with Crippen molar-refractivity contribution in [2.45, 2.75) is 26.4 Å². The number of hydrogen-bond acceptors (Lipinski definition) is 6. The van der Waals surface area contributed by atoms with Crippen molar-refractivity contribution >= 4 is 29.2 Å². The molecule has 0 bridgehead atoms. The molecule has 8 heteroatoms. The predicted octanol–water partition coefficient (Wildman–Crippen LogP) is 4.04. The Hall–Kier alpha value is -3.62. The van der Waals surface area contributed by atoms with Crippen molar-refractivity contribution in [1.29, 1.82) is 0 Å². The van der Waals surface area contributed by atoms with Crippen LogP contribution in [0.2, 0.25) is 0 Å². The predicted molar refractivity (Wildman–Crippen MR) is 138 cm³/mol. The number of carbonyl (C=O) groups is 2. The molecule has 3 N–H and O–H groups in total. The van der Waals surface area contributed by atoms with E-state index in [0.717, 1.165) is 6.42 Å². The number of hydrogen-bond donors (Lipinski definition) is 3. The highest BCUT2D eigenvalue weighted by atomic mass is 32.1. The molecule has 0 aliphatic heterocycles. The lowest BCUT2D eigenvalue weighted by Crippen LogP contribution is -2.36. The summed E-state index contributed by atoms with van der Waals surface area (Å²) in [6.07, 6.45) is 2.45. The van der Waals surface area contributed by atoms with Crippen molar-refractivity contribution in [3.05, 3.63) is 87.7 Å². The molecule has 1 heterocycles. The maximum atomic E-state index is 12.8. The Morgan fingerprint density at radius 2 is 1.74 bits per heavy atom. The van der Waals surface area contributed by atoms with Crippen LogP contribution in [0.3, 0.4) is 0 Å². The monoisotopic (exact) mass is 494 g/mol. The third-order valence-corrected chi connectivity index (χ3v) is 5.70. The van der Waals surface area contributed by atoms with Crippen LogP contribution in [0.25, 0.3) is 6.08 Å². The molecule has 0 saturated heterocycles. The standard InChI is InChI=1S/C27H30N2O5S/c1-19(2)34-23-9-5-20(6-10-23)18-25(27(32)28-14-15-30)29-26(31)21-7-11-22(12-8-21)33-16-13-24-4-3-17-35-24/h3-12,17-19,30H,13-16H2,1-2H3,(H,28,32)(H,29,31)/b25-18+. The first-order chi connectivity index (χ1) is 16.9. The maximum Gasteiger partial charge on any atom is 0.267 e. The van der Waals surface area contributed by atoms with Crippen molar-refractivity contribution in [2.24, 2.45) is 0 Å². The highest BCUT2D eigenvalue weighted by Gasteiger charge is 2.15. The fraction of sp³-hybridized carbons (Fsp3) is 0.259. The number of amides is 2. The second-order valence-electron chi connectivity index (χ2n) is 7.93. The number of benzene rings is 2. The zero-order valence-corrected chi connectivity index (χ0v) is 20.6. The molecule has 0 radical (unpaired) electrons. The molecule has 0 aliphatic rings. The average molecular weight is 495 g/mol. The Morgan fingerprint density at radius 3 is 2.37 bits per heavy atom. The number of aliphatic hydroxyl groups excluding tert-OH is 1. The van der Waals surface area contributed by atoms with Gasteiger partial charge in [0.15, 0.2) is 0 Å². The summed E-state index contributed by atoms with van der Waals surface area (Å²) in [5.41, 5.74) is 1.17. The van der Waals surface area contributed by atoms with Crippen molar-refractivity contribution < 1.29 is 24.2 Å². The van der Waals surface area contributed by atoms with Gasteiger partial charge in [0.05, 0.1) is 19.3 Å². The smallest absolute Gasteiger partial charge is 0.267 e. The molecule has 7 nitrogen and oxygen atoms in total. The van der Waals surface area contributed by atoms with Crippen molar-refractivity contribution in [3.63, 3.8) is 0 Å². The molecular formula is C27H30N2O5S. The highest BCUT2D eigenvalue weighted by Crippen LogP contribution is 2.17. The number of thiophene rings is 1. The molecular weight excluding hydrogens is 464 g/mol. The van der Waals surface area contributed by atoms with Gasteiger partial charge in [0, 0.05) is 23.4 Å². The minimum atomic E-state index is -0.497. The topological polar surface area (TPSA) is 96.9 Å². The van der Waals surface area contributed by atoms with Crippen molar-refractivity contribution in [1.82, 2.24) is 10.6 Å². The Labute approximate surface area is 209 Å². The first kappa shape index (κ1) is 26.0. The van der Waals surface area contributed by atoms with E-state index in [1.54, 1.807) is 65.9 Å². The van der Waals surface area contributed by atoms with Crippen LogP contribution in [-0.4, -0.2) is 42.8 Å². The van der Waals surface area contributed by atoms with Gasteiger partial charge in [-0.3, -0.25) is 9.59 Å². The van der Waals surface area contributed by atoms with Gasteiger partial charge in [0.1, 0.15) is 17.2 Å². The van der Waals surface area contributed by atoms with Gasteiger partial charge in [0.25, 0.3) is 11.8 Å². The summed E-state index contributed by atoms with van der Waals surface area (Å²) in [5.74, 6) is 0.451. The first-order valence-electron chi connectivity index (χ1n) is 11.4. The second kappa shape index (κ2) is 13.3. The fourth-order valence-electron chi connectivity index (χ4n) is 3.13. The van der Waals surface area contributed by atoms with Crippen LogP contribution in [-0.2, 0) is 11.2 Å². The van der Waals surface area contributed by atoms with Crippen molar-refractivity contribution in [3.8, 4) is 11.5 Å². The SMILES string of the molecule is CC(C)Oc1ccc(/C=C(/NC(=O)c2ccc(OCCc3cccs3)cc2)C(=O)NCCO)cc1. The van der Waals surface area contributed by atoms with Crippen LogP contribution in [0.15, 0.2) is 71.7 Å². The summed E-state index contributed by atoms with van der Waals surface area (Å²) >= 11 is 1.69. The largest absolute Gasteiger partial charge is 0.493 e. The summed E-state index contributed by atoms with van der Waals surface area (Å²) in [7, 11) is 0. The molecule has 184 valence electrons. The van der Waals surface area contributed by atoms with E-state index in [2.05, 4.69) is 16.7 Å². The Balaban J connectivity index is 1.66. The van der Waals surface area contributed by atoms with Crippen LogP contribution in [0.1, 0.15) is 34.6 Å². The van der Waals surface area contributed by atoms with E-state index in [4.69, 9.17) is 14.6 Å².